The van der Waals surface area contributed by atoms with E-state index in [0.29, 0.717) is 13.1 Å². The van der Waals surface area contributed by atoms with Gasteiger partial charge in [-0.05, 0) is 36.8 Å². The lowest BCUT2D eigenvalue weighted by Crippen LogP contribution is -2.40. The molecule has 0 heterocycles. The summed E-state index contributed by atoms with van der Waals surface area (Å²) < 4.78 is 0. The second kappa shape index (κ2) is 7.44. The molecule has 20 heavy (non-hydrogen) atoms. The van der Waals surface area contributed by atoms with Gasteiger partial charge in [-0.2, -0.15) is 0 Å². The lowest BCUT2D eigenvalue weighted by atomic mass is 9.82. The molecule has 0 fully saturated rings. The number of fused-ring (bicyclic) bond motifs is 1. The van der Waals surface area contributed by atoms with E-state index in [1.165, 1.54) is 11.1 Å². The number of amides is 1. The summed E-state index contributed by atoms with van der Waals surface area (Å²) in [7, 11) is 0. The van der Waals surface area contributed by atoms with Crippen molar-refractivity contribution < 1.29 is 4.79 Å². The maximum atomic E-state index is 12.8. The summed E-state index contributed by atoms with van der Waals surface area (Å²) in [6.45, 7) is 4.22. The fourth-order valence-electron chi connectivity index (χ4n) is 3.07. The fourth-order valence-corrected chi connectivity index (χ4v) is 3.07. The number of benzene rings is 1. The van der Waals surface area contributed by atoms with Crippen molar-refractivity contribution in [3.63, 3.8) is 0 Å². The molecule has 1 amide bonds. The van der Waals surface area contributed by atoms with Crippen molar-refractivity contribution in [2.45, 2.75) is 44.9 Å². The first kappa shape index (κ1) is 15.0. The molecule has 0 aromatic heterocycles. The van der Waals surface area contributed by atoms with Crippen molar-refractivity contribution in [3.8, 4) is 0 Å². The van der Waals surface area contributed by atoms with Gasteiger partial charge >= 0.3 is 0 Å². The molecular formula is C17H26N2O. The SMILES string of the molecule is CCCCN(CCN)C(=O)C1CCCc2ccccc21. The summed E-state index contributed by atoms with van der Waals surface area (Å²) >= 11 is 0. The predicted molar refractivity (Wildman–Crippen MR) is 82.7 cm³/mol. The first-order chi connectivity index (χ1) is 9.77. The average Bonchev–Trinajstić information content (AvgIpc) is 2.50. The summed E-state index contributed by atoms with van der Waals surface area (Å²) in [6, 6.07) is 8.40. The zero-order chi connectivity index (χ0) is 14.4. The van der Waals surface area contributed by atoms with E-state index in [1.807, 2.05) is 11.0 Å². The van der Waals surface area contributed by atoms with Crippen LogP contribution in [0.4, 0.5) is 0 Å². The highest BCUT2D eigenvalue weighted by Crippen LogP contribution is 2.32. The number of unbranched alkanes of at least 4 members (excludes halogenated alkanes) is 1. The second-order valence-electron chi connectivity index (χ2n) is 5.61. The Balaban J connectivity index is 2.15. The van der Waals surface area contributed by atoms with Gasteiger partial charge in [0.2, 0.25) is 5.91 Å². The van der Waals surface area contributed by atoms with E-state index >= 15 is 0 Å². The Bertz CT molecular complexity index is 444. The van der Waals surface area contributed by atoms with Gasteiger partial charge in [0.15, 0.2) is 0 Å². The van der Waals surface area contributed by atoms with Crippen LogP contribution in [-0.2, 0) is 11.2 Å². The molecule has 0 saturated carbocycles. The number of carbonyl (C=O) groups is 1. The number of nitrogens with zero attached hydrogens (tertiary/aromatic N) is 1. The number of hydrogen-bond acceptors (Lipinski definition) is 2. The molecule has 1 unspecified atom stereocenters. The van der Waals surface area contributed by atoms with Crippen LogP contribution >= 0.6 is 0 Å². The average molecular weight is 274 g/mol. The third kappa shape index (κ3) is 3.40. The largest absolute Gasteiger partial charge is 0.341 e. The zero-order valence-corrected chi connectivity index (χ0v) is 12.5. The van der Waals surface area contributed by atoms with E-state index in [2.05, 4.69) is 25.1 Å². The monoisotopic (exact) mass is 274 g/mol. The van der Waals surface area contributed by atoms with Crippen LogP contribution in [0.2, 0.25) is 0 Å². The standard InChI is InChI=1S/C17H26N2O/c1-2-3-12-19(13-11-18)17(20)16-10-6-8-14-7-4-5-9-15(14)16/h4-5,7,9,16H,2-3,6,8,10-13,18H2,1H3. The molecule has 3 heteroatoms. The van der Waals surface area contributed by atoms with Gasteiger partial charge in [-0.3, -0.25) is 4.79 Å². The van der Waals surface area contributed by atoms with Crippen molar-refractivity contribution in [1.29, 1.82) is 0 Å². The van der Waals surface area contributed by atoms with Crippen LogP contribution < -0.4 is 5.73 Å². The van der Waals surface area contributed by atoms with Crippen molar-refractivity contribution in [1.82, 2.24) is 4.90 Å². The fraction of sp³-hybridized carbons (Fsp3) is 0.588. The maximum absolute atomic E-state index is 12.8. The summed E-state index contributed by atoms with van der Waals surface area (Å²) in [5, 5.41) is 0. The molecule has 0 spiro atoms. The molecule has 0 bridgehead atoms. The predicted octanol–water partition coefficient (Wildman–Crippen LogP) is 2.69. The molecule has 2 rings (SSSR count). The highest BCUT2D eigenvalue weighted by Gasteiger charge is 2.29. The van der Waals surface area contributed by atoms with Gasteiger partial charge in [0, 0.05) is 19.6 Å². The topological polar surface area (TPSA) is 46.3 Å². The highest BCUT2D eigenvalue weighted by atomic mass is 16.2. The lowest BCUT2D eigenvalue weighted by molar-refractivity contribution is -0.133. The molecule has 3 nitrogen and oxygen atoms in total. The Kier molecular flexibility index (Phi) is 5.60. The molecule has 2 N–H and O–H groups in total. The van der Waals surface area contributed by atoms with E-state index in [9.17, 15) is 4.79 Å². The number of hydrogen-bond donors (Lipinski definition) is 1. The van der Waals surface area contributed by atoms with E-state index < -0.39 is 0 Å². The van der Waals surface area contributed by atoms with Gasteiger partial charge in [-0.25, -0.2) is 0 Å². The van der Waals surface area contributed by atoms with Crippen LogP contribution in [0.3, 0.4) is 0 Å². The van der Waals surface area contributed by atoms with Crippen LogP contribution in [0.1, 0.15) is 49.7 Å². The summed E-state index contributed by atoms with van der Waals surface area (Å²) in [5.41, 5.74) is 8.25. The van der Waals surface area contributed by atoms with Gasteiger partial charge in [0.05, 0.1) is 5.92 Å². The molecule has 1 aromatic carbocycles. The Morgan fingerprint density at radius 2 is 2.15 bits per heavy atom. The Hall–Kier alpha value is -1.35. The molecule has 1 aliphatic carbocycles. The molecule has 0 aliphatic heterocycles. The third-order valence-electron chi connectivity index (χ3n) is 4.16. The minimum Gasteiger partial charge on any atom is -0.341 e. The first-order valence-electron chi connectivity index (χ1n) is 7.84. The van der Waals surface area contributed by atoms with Crippen molar-refractivity contribution in [2.75, 3.05) is 19.6 Å². The number of carbonyl (C=O) groups excluding carboxylic acids is 1. The second-order valence-corrected chi connectivity index (χ2v) is 5.61. The van der Waals surface area contributed by atoms with Crippen molar-refractivity contribution in [3.05, 3.63) is 35.4 Å². The van der Waals surface area contributed by atoms with Crippen LogP contribution in [-0.4, -0.2) is 30.4 Å². The molecule has 0 radical (unpaired) electrons. The lowest BCUT2D eigenvalue weighted by Gasteiger charge is -2.30. The Morgan fingerprint density at radius 1 is 1.35 bits per heavy atom. The summed E-state index contributed by atoms with van der Waals surface area (Å²) in [6.07, 6.45) is 5.35. The summed E-state index contributed by atoms with van der Waals surface area (Å²) in [4.78, 5) is 14.8. The van der Waals surface area contributed by atoms with Crippen LogP contribution in [0.15, 0.2) is 24.3 Å². The van der Waals surface area contributed by atoms with E-state index in [4.69, 9.17) is 5.73 Å². The van der Waals surface area contributed by atoms with Gasteiger partial charge in [-0.15, -0.1) is 0 Å². The van der Waals surface area contributed by atoms with Gasteiger partial charge < -0.3 is 10.6 Å². The smallest absolute Gasteiger partial charge is 0.230 e. The van der Waals surface area contributed by atoms with Crippen LogP contribution in [0.5, 0.6) is 0 Å². The van der Waals surface area contributed by atoms with E-state index in [-0.39, 0.29) is 11.8 Å². The molecule has 110 valence electrons. The van der Waals surface area contributed by atoms with Crippen LogP contribution in [0.25, 0.3) is 0 Å². The van der Waals surface area contributed by atoms with Crippen LogP contribution in [0, 0.1) is 0 Å². The number of aryl methyl sites for hydroxylation is 1. The number of nitrogens with two attached hydrogens (primary N) is 1. The zero-order valence-electron chi connectivity index (χ0n) is 12.5. The minimum atomic E-state index is 0.0448. The Morgan fingerprint density at radius 3 is 2.90 bits per heavy atom. The van der Waals surface area contributed by atoms with Gasteiger partial charge in [-0.1, -0.05) is 37.6 Å². The van der Waals surface area contributed by atoms with Gasteiger partial charge in [0.25, 0.3) is 0 Å². The normalized spacial score (nSPS) is 17.6. The molecular weight excluding hydrogens is 248 g/mol. The third-order valence-corrected chi connectivity index (χ3v) is 4.16. The number of rotatable bonds is 6. The van der Waals surface area contributed by atoms with E-state index in [1.54, 1.807) is 0 Å². The quantitative estimate of drug-likeness (QED) is 0.867. The minimum absolute atomic E-state index is 0.0448. The highest BCUT2D eigenvalue weighted by molar-refractivity contribution is 5.84. The maximum Gasteiger partial charge on any atom is 0.230 e. The molecule has 0 saturated heterocycles. The van der Waals surface area contributed by atoms with Gasteiger partial charge in [0.1, 0.15) is 0 Å². The molecule has 1 atom stereocenters. The summed E-state index contributed by atoms with van der Waals surface area (Å²) in [5.74, 6) is 0.319. The van der Waals surface area contributed by atoms with Crippen molar-refractivity contribution >= 4 is 5.91 Å². The van der Waals surface area contributed by atoms with E-state index in [0.717, 1.165) is 38.6 Å². The van der Waals surface area contributed by atoms with Crippen molar-refractivity contribution in [2.24, 2.45) is 5.73 Å². The molecule has 1 aromatic rings. The Labute approximate surface area is 122 Å². The first-order valence-corrected chi connectivity index (χ1v) is 7.84. The molecule has 1 aliphatic rings.